The van der Waals surface area contributed by atoms with Crippen molar-refractivity contribution >= 4 is 28.5 Å². The smallest absolute Gasteiger partial charge is 0.410 e. The highest BCUT2D eigenvalue weighted by molar-refractivity contribution is 7.84. The van der Waals surface area contributed by atoms with Crippen molar-refractivity contribution in [2.24, 2.45) is 0 Å². The summed E-state index contributed by atoms with van der Waals surface area (Å²) in [5.74, 6) is 0.306. The van der Waals surface area contributed by atoms with Crippen LogP contribution in [-0.2, 0) is 15.5 Å². The molecular formula is C15H22ClN3O3S. The Kier molecular flexibility index (Phi) is 5.97. The minimum Gasteiger partial charge on any atom is -0.444 e. The van der Waals surface area contributed by atoms with Crippen molar-refractivity contribution in [3.8, 4) is 0 Å². The molecule has 0 saturated carbocycles. The molecule has 1 aromatic rings. The molecule has 6 nitrogen and oxygen atoms in total. The zero-order chi connectivity index (χ0) is 17.0. The second-order valence-corrected chi connectivity index (χ2v) is 8.35. The Hall–Kier alpha value is -1.21. The maximum absolute atomic E-state index is 12.4. The van der Waals surface area contributed by atoms with E-state index in [-0.39, 0.29) is 17.3 Å². The van der Waals surface area contributed by atoms with Gasteiger partial charge < -0.3 is 9.64 Å². The SMILES string of the molecule is CC(C)(C)OC(=O)N1CCCC[C@H]1C[S@@](=O)c1ncc(Cl)cn1. The Morgan fingerprint density at radius 1 is 1.39 bits per heavy atom. The number of rotatable bonds is 3. The normalized spacial score (nSPS) is 20.2. The minimum absolute atomic E-state index is 0.126. The van der Waals surface area contributed by atoms with Crippen molar-refractivity contribution < 1.29 is 13.7 Å². The van der Waals surface area contributed by atoms with Gasteiger partial charge in [-0.1, -0.05) is 11.6 Å². The van der Waals surface area contributed by atoms with Crippen molar-refractivity contribution in [1.82, 2.24) is 14.9 Å². The number of nitrogens with zero attached hydrogens (tertiary/aromatic N) is 3. The number of halogens is 1. The molecule has 1 saturated heterocycles. The first kappa shape index (κ1) is 18.1. The number of carbonyl (C=O) groups is 1. The van der Waals surface area contributed by atoms with Gasteiger partial charge in [-0.05, 0) is 40.0 Å². The van der Waals surface area contributed by atoms with Gasteiger partial charge in [0, 0.05) is 12.6 Å². The molecule has 0 N–H and O–H groups in total. The Morgan fingerprint density at radius 2 is 2.04 bits per heavy atom. The topological polar surface area (TPSA) is 72.4 Å². The Balaban J connectivity index is 2.04. The van der Waals surface area contributed by atoms with Gasteiger partial charge in [-0.15, -0.1) is 0 Å². The number of carbonyl (C=O) groups excluding carboxylic acids is 1. The maximum atomic E-state index is 12.4. The van der Waals surface area contributed by atoms with Crippen LogP contribution in [0.25, 0.3) is 0 Å². The minimum atomic E-state index is -1.38. The van der Waals surface area contributed by atoms with Gasteiger partial charge in [0.15, 0.2) is 0 Å². The molecule has 128 valence electrons. The van der Waals surface area contributed by atoms with E-state index in [0.29, 0.717) is 17.3 Å². The van der Waals surface area contributed by atoms with Gasteiger partial charge in [0.25, 0.3) is 0 Å². The molecular weight excluding hydrogens is 338 g/mol. The largest absolute Gasteiger partial charge is 0.444 e. The first-order valence-electron chi connectivity index (χ1n) is 7.62. The monoisotopic (exact) mass is 359 g/mol. The van der Waals surface area contributed by atoms with E-state index in [1.54, 1.807) is 4.90 Å². The highest BCUT2D eigenvalue weighted by Gasteiger charge is 2.32. The lowest BCUT2D eigenvalue weighted by Gasteiger charge is -2.36. The fourth-order valence-corrected chi connectivity index (χ4v) is 3.69. The molecule has 1 fully saturated rings. The lowest BCUT2D eigenvalue weighted by Crippen LogP contribution is -2.48. The average Bonchev–Trinajstić information content (AvgIpc) is 2.46. The number of ether oxygens (including phenoxy) is 1. The predicted octanol–water partition coefficient (Wildman–Crippen LogP) is 3.03. The number of hydrogen-bond donors (Lipinski definition) is 0. The summed E-state index contributed by atoms with van der Waals surface area (Å²) < 4.78 is 17.9. The molecule has 1 aliphatic rings. The molecule has 8 heteroatoms. The van der Waals surface area contributed by atoms with Crippen LogP contribution in [0.5, 0.6) is 0 Å². The molecule has 0 bridgehead atoms. The average molecular weight is 360 g/mol. The summed E-state index contributed by atoms with van der Waals surface area (Å²) in [7, 11) is -1.38. The van der Waals surface area contributed by atoms with E-state index in [2.05, 4.69) is 9.97 Å². The fraction of sp³-hybridized carbons (Fsp3) is 0.667. The first-order chi connectivity index (χ1) is 10.8. The van der Waals surface area contributed by atoms with Gasteiger partial charge in [-0.3, -0.25) is 4.21 Å². The van der Waals surface area contributed by atoms with Gasteiger partial charge >= 0.3 is 6.09 Å². The molecule has 2 atom stereocenters. The third kappa shape index (κ3) is 5.42. The van der Waals surface area contributed by atoms with Crippen molar-refractivity contribution in [2.45, 2.75) is 56.8 Å². The summed E-state index contributed by atoms with van der Waals surface area (Å²) in [6.07, 6.45) is 5.24. The Morgan fingerprint density at radius 3 is 2.65 bits per heavy atom. The van der Waals surface area contributed by atoms with E-state index in [1.807, 2.05) is 20.8 Å². The van der Waals surface area contributed by atoms with Crippen molar-refractivity contribution in [3.63, 3.8) is 0 Å². The summed E-state index contributed by atoms with van der Waals surface area (Å²) >= 11 is 5.74. The Bertz CT molecular complexity index is 574. The van der Waals surface area contributed by atoms with E-state index >= 15 is 0 Å². The molecule has 1 aromatic heterocycles. The molecule has 1 amide bonds. The molecule has 0 aliphatic carbocycles. The highest BCUT2D eigenvalue weighted by Crippen LogP contribution is 2.22. The van der Waals surface area contributed by atoms with E-state index in [0.717, 1.165) is 19.3 Å². The van der Waals surface area contributed by atoms with Crippen LogP contribution in [0, 0.1) is 0 Å². The highest BCUT2D eigenvalue weighted by atomic mass is 35.5. The Labute approximate surface area is 144 Å². The van der Waals surface area contributed by atoms with Crippen molar-refractivity contribution in [2.75, 3.05) is 12.3 Å². The van der Waals surface area contributed by atoms with Crippen LogP contribution in [-0.4, -0.2) is 49.1 Å². The summed E-state index contributed by atoms with van der Waals surface area (Å²) in [6, 6.07) is -0.126. The van der Waals surface area contributed by atoms with Crippen molar-refractivity contribution in [1.29, 1.82) is 0 Å². The summed E-state index contributed by atoms with van der Waals surface area (Å²) in [6.45, 7) is 6.13. The third-order valence-electron chi connectivity index (χ3n) is 3.40. The van der Waals surface area contributed by atoms with E-state index in [9.17, 15) is 9.00 Å². The van der Waals surface area contributed by atoms with Gasteiger partial charge in [0.05, 0.1) is 34.0 Å². The molecule has 0 spiro atoms. The van der Waals surface area contributed by atoms with Gasteiger partial charge in [-0.2, -0.15) is 0 Å². The maximum Gasteiger partial charge on any atom is 0.410 e. The molecule has 0 aromatic carbocycles. The molecule has 2 rings (SSSR count). The van der Waals surface area contributed by atoms with E-state index < -0.39 is 16.4 Å². The fourth-order valence-electron chi connectivity index (χ4n) is 2.40. The third-order valence-corrected chi connectivity index (χ3v) is 4.90. The molecule has 0 radical (unpaired) electrons. The quantitative estimate of drug-likeness (QED) is 0.775. The van der Waals surface area contributed by atoms with Crippen LogP contribution in [0.3, 0.4) is 0 Å². The zero-order valence-electron chi connectivity index (χ0n) is 13.6. The molecule has 23 heavy (non-hydrogen) atoms. The van der Waals surface area contributed by atoms with Gasteiger partial charge in [0.1, 0.15) is 5.60 Å². The van der Waals surface area contributed by atoms with Crippen LogP contribution < -0.4 is 0 Å². The summed E-state index contributed by atoms with van der Waals surface area (Å²) in [5, 5.41) is 0.642. The second kappa shape index (κ2) is 7.57. The van der Waals surface area contributed by atoms with E-state index in [4.69, 9.17) is 16.3 Å². The number of aromatic nitrogens is 2. The lowest BCUT2D eigenvalue weighted by atomic mass is 10.0. The second-order valence-electron chi connectivity index (χ2n) is 6.52. The van der Waals surface area contributed by atoms with Crippen molar-refractivity contribution in [3.05, 3.63) is 17.4 Å². The number of amides is 1. The van der Waals surface area contributed by atoms with Gasteiger partial charge in [0.2, 0.25) is 5.16 Å². The molecule has 1 aliphatic heterocycles. The standard InChI is InChI=1S/C15H22ClN3O3S/c1-15(2,3)22-14(20)19-7-5-4-6-12(19)10-23(21)13-17-8-11(16)9-18-13/h8-9,12H,4-7,10H2,1-3H3/t12-,23+/m0/s1. The predicted molar refractivity (Wildman–Crippen MR) is 88.9 cm³/mol. The van der Waals surface area contributed by atoms with Crippen LogP contribution in [0.1, 0.15) is 40.0 Å². The molecule has 2 heterocycles. The molecule has 0 unspecified atom stereocenters. The first-order valence-corrected chi connectivity index (χ1v) is 9.31. The lowest BCUT2D eigenvalue weighted by molar-refractivity contribution is 0.0125. The van der Waals surface area contributed by atoms with Crippen LogP contribution in [0.2, 0.25) is 5.02 Å². The van der Waals surface area contributed by atoms with Gasteiger partial charge in [-0.25, -0.2) is 14.8 Å². The number of hydrogen-bond acceptors (Lipinski definition) is 5. The zero-order valence-corrected chi connectivity index (χ0v) is 15.2. The van der Waals surface area contributed by atoms with Crippen LogP contribution in [0.4, 0.5) is 4.79 Å². The number of piperidine rings is 1. The summed E-state index contributed by atoms with van der Waals surface area (Å²) in [5.41, 5.74) is -0.544. The summed E-state index contributed by atoms with van der Waals surface area (Å²) in [4.78, 5) is 22.0. The number of likely N-dealkylation sites (tertiary alicyclic amines) is 1. The van der Waals surface area contributed by atoms with Crippen LogP contribution in [0.15, 0.2) is 17.6 Å². The van der Waals surface area contributed by atoms with Crippen LogP contribution >= 0.6 is 11.6 Å². The van der Waals surface area contributed by atoms with E-state index in [1.165, 1.54) is 12.4 Å².